The summed E-state index contributed by atoms with van der Waals surface area (Å²) < 4.78 is 14.0. The first kappa shape index (κ1) is 14.7. The molecule has 1 aliphatic rings. The van der Waals surface area contributed by atoms with Crippen molar-refractivity contribution in [2.24, 2.45) is 11.1 Å². The van der Waals surface area contributed by atoms with Gasteiger partial charge in [-0.05, 0) is 29.7 Å². The van der Waals surface area contributed by atoms with Crippen molar-refractivity contribution in [2.75, 3.05) is 30.0 Å². The predicted octanol–water partition coefficient (Wildman–Crippen LogP) is 3.12. The van der Waals surface area contributed by atoms with E-state index >= 15 is 0 Å². The largest absolute Gasteiger partial charge is 0.364 e. The predicted molar refractivity (Wildman–Crippen MR) is 82.3 cm³/mol. The van der Waals surface area contributed by atoms with Crippen molar-refractivity contribution in [1.82, 2.24) is 0 Å². The van der Waals surface area contributed by atoms with Gasteiger partial charge < -0.3 is 10.6 Å². The average Bonchev–Trinajstić information content (AvgIpc) is 2.37. The third kappa shape index (κ3) is 2.90. The van der Waals surface area contributed by atoms with Gasteiger partial charge in [-0.2, -0.15) is 11.8 Å². The summed E-state index contributed by atoms with van der Waals surface area (Å²) in [7, 11) is 1.97. The molecule has 1 fully saturated rings. The molecule has 0 radical (unpaired) electrons. The van der Waals surface area contributed by atoms with Crippen molar-refractivity contribution in [3.63, 3.8) is 0 Å². The van der Waals surface area contributed by atoms with Gasteiger partial charge in [0.05, 0.1) is 11.2 Å². The lowest BCUT2D eigenvalue weighted by Crippen LogP contribution is -2.59. The van der Waals surface area contributed by atoms with Crippen LogP contribution in [0.4, 0.5) is 10.1 Å². The molecule has 1 aromatic carbocycles. The van der Waals surface area contributed by atoms with E-state index in [1.165, 1.54) is 6.07 Å². The first-order chi connectivity index (χ1) is 8.90. The molecule has 0 aromatic heterocycles. The Morgan fingerprint density at radius 3 is 2.58 bits per heavy atom. The van der Waals surface area contributed by atoms with Crippen LogP contribution in [0.2, 0.25) is 0 Å². The van der Waals surface area contributed by atoms with Gasteiger partial charge in [0.1, 0.15) is 5.82 Å². The van der Waals surface area contributed by atoms with Gasteiger partial charge in [0.25, 0.3) is 0 Å². The summed E-state index contributed by atoms with van der Waals surface area (Å²) in [6, 6.07) is 6.94. The molecule has 2 rings (SSSR count). The summed E-state index contributed by atoms with van der Waals surface area (Å²) in [5, 5.41) is 0. The van der Waals surface area contributed by atoms with Crippen molar-refractivity contribution < 1.29 is 4.39 Å². The van der Waals surface area contributed by atoms with Crippen LogP contribution >= 0.6 is 11.8 Å². The second kappa shape index (κ2) is 5.33. The molecule has 1 aliphatic heterocycles. The molecule has 0 saturated carbocycles. The summed E-state index contributed by atoms with van der Waals surface area (Å²) in [5.74, 6) is 1.92. The van der Waals surface area contributed by atoms with Crippen LogP contribution in [0.3, 0.4) is 0 Å². The highest BCUT2D eigenvalue weighted by Gasteiger charge is 2.43. The van der Waals surface area contributed by atoms with Crippen LogP contribution in [0.1, 0.15) is 20.3 Å². The monoisotopic (exact) mass is 282 g/mol. The van der Waals surface area contributed by atoms with E-state index in [0.717, 1.165) is 17.9 Å². The number of hydrogen-bond donors (Lipinski definition) is 1. The molecule has 0 spiro atoms. The molecule has 4 heteroatoms. The van der Waals surface area contributed by atoms with E-state index in [0.29, 0.717) is 12.2 Å². The number of halogens is 1. The Balaban J connectivity index is 2.33. The second-order valence-corrected chi connectivity index (χ2v) is 7.26. The average molecular weight is 282 g/mol. The maximum Gasteiger partial charge on any atom is 0.146 e. The molecule has 2 nitrogen and oxygen atoms in total. The lowest BCUT2D eigenvalue weighted by Gasteiger charge is -2.50. The maximum absolute atomic E-state index is 14.0. The molecular weight excluding hydrogens is 259 g/mol. The topological polar surface area (TPSA) is 29.3 Å². The van der Waals surface area contributed by atoms with Gasteiger partial charge in [-0.3, -0.25) is 0 Å². The number of para-hydroxylation sites is 1. The molecule has 0 bridgehead atoms. The van der Waals surface area contributed by atoms with Crippen LogP contribution in [0, 0.1) is 11.2 Å². The Morgan fingerprint density at radius 1 is 1.32 bits per heavy atom. The quantitative estimate of drug-likeness (QED) is 0.923. The number of anilines is 1. The zero-order valence-corrected chi connectivity index (χ0v) is 12.8. The number of benzene rings is 1. The lowest BCUT2D eigenvalue weighted by atomic mass is 9.78. The van der Waals surface area contributed by atoms with Crippen molar-refractivity contribution in [2.45, 2.75) is 25.8 Å². The number of thioether (sulfide) groups is 1. The molecule has 1 unspecified atom stereocenters. The fourth-order valence-electron chi connectivity index (χ4n) is 2.97. The first-order valence-corrected chi connectivity index (χ1v) is 7.82. The van der Waals surface area contributed by atoms with E-state index in [-0.39, 0.29) is 16.8 Å². The first-order valence-electron chi connectivity index (χ1n) is 6.66. The third-order valence-corrected chi connectivity index (χ3v) is 5.70. The van der Waals surface area contributed by atoms with Crippen molar-refractivity contribution in [1.29, 1.82) is 0 Å². The molecule has 106 valence electrons. The normalized spacial score (nSPS) is 26.2. The van der Waals surface area contributed by atoms with E-state index in [9.17, 15) is 4.39 Å². The van der Waals surface area contributed by atoms with Gasteiger partial charge in [-0.25, -0.2) is 4.39 Å². The van der Waals surface area contributed by atoms with E-state index in [2.05, 4.69) is 18.7 Å². The maximum atomic E-state index is 14.0. The molecular formula is C15H23FN2S. The second-order valence-electron chi connectivity index (χ2n) is 6.27. The fraction of sp³-hybridized carbons (Fsp3) is 0.600. The van der Waals surface area contributed by atoms with Gasteiger partial charge in [0.15, 0.2) is 0 Å². The van der Waals surface area contributed by atoms with Gasteiger partial charge in [0, 0.05) is 19.3 Å². The van der Waals surface area contributed by atoms with Crippen LogP contribution in [-0.4, -0.2) is 30.6 Å². The van der Waals surface area contributed by atoms with Crippen molar-refractivity contribution in [3.8, 4) is 0 Å². The number of rotatable bonds is 3. The third-order valence-electron chi connectivity index (χ3n) is 3.98. The highest BCUT2D eigenvalue weighted by molar-refractivity contribution is 7.99. The number of hydrogen-bond acceptors (Lipinski definition) is 3. The number of nitrogens with zero attached hydrogens (tertiary/aromatic N) is 1. The van der Waals surface area contributed by atoms with Crippen LogP contribution in [-0.2, 0) is 0 Å². The lowest BCUT2D eigenvalue weighted by molar-refractivity contribution is 0.264. The summed E-state index contributed by atoms with van der Waals surface area (Å²) >= 11 is 1.92. The van der Waals surface area contributed by atoms with Crippen molar-refractivity contribution >= 4 is 17.4 Å². The van der Waals surface area contributed by atoms with Gasteiger partial charge in [-0.15, -0.1) is 0 Å². The van der Waals surface area contributed by atoms with E-state index in [1.54, 1.807) is 6.07 Å². The van der Waals surface area contributed by atoms with Crippen LogP contribution in [0.5, 0.6) is 0 Å². The minimum absolute atomic E-state index is 0.158. The van der Waals surface area contributed by atoms with Crippen LogP contribution < -0.4 is 10.6 Å². The van der Waals surface area contributed by atoms with E-state index < -0.39 is 0 Å². The molecule has 1 heterocycles. The van der Waals surface area contributed by atoms with E-state index in [4.69, 9.17) is 5.73 Å². The molecule has 1 atom stereocenters. The standard InChI is InChI=1S/C15H23FN2S/c1-14(2)8-15(9-17,11-19-10-14)18(3)13-7-5-4-6-12(13)16/h4-7H,8-11,17H2,1-3H3. The number of likely N-dealkylation sites (N-methyl/N-ethyl adjacent to an activating group) is 1. The molecule has 2 N–H and O–H groups in total. The Hall–Kier alpha value is -0.740. The Bertz CT molecular complexity index is 450. The zero-order chi connectivity index (χ0) is 14.1. The van der Waals surface area contributed by atoms with Crippen molar-refractivity contribution in [3.05, 3.63) is 30.1 Å². The highest BCUT2D eigenvalue weighted by Crippen LogP contribution is 2.43. The molecule has 0 aliphatic carbocycles. The fourth-order valence-corrected chi connectivity index (χ4v) is 4.52. The minimum atomic E-state index is -0.175. The highest BCUT2D eigenvalue weighted by atomic mass is 32.2. The summed E-state index contributed by atoms with van der Waals surface area (Å²) in [5.41, 5.74) is 6.79. The Kier molecular flexibility index (Phi) is 4.11. The minimum Gasteiger partial charge on any atom is -0.364 e. The molecule has 1 saturated heterocycles. The van der Waals surface area contributed by atoms with Gasteiger partial charge in [0.2, 0.25) is 0 Å². The van der Waals surface area contributed by atoms with Crippen LogP contribution in [0.15, 0.2) is 24.3 Å². The van der Waals surface area contributed by atoms with Gasteiger partial charge >= 0.3 is 0 Å². The summed E-state index contributed by atoms with van der Waals surface area (Å²) in [6.45, 7) is 5.08. The number of nitrogens with two attached hydrogens (primary N) is 1. The summed E-state index contributed by atoms with van der Waals surface area (Å²) in [4.78, 5) is 2.05. The Morgan fingerprint density at radius 2 is 2.00 bits per heavy atom. The SMILES string of the molecule is CN(c1ccccc1F)C1(CN)CSCC(C)(C)C1. The van der Waals surface area contributed by atoms with E-state index in [1.807, 2.05) is 30.9 Å². The molecule has 19 heavy (non-hydrogen) atoms. The Labute approximate surface area is 119 Å². The summed E-state index contributed by atoms with van der Waals surface area (Å²) in [6.07, 6.45) is 0.994. The van der Waals surface area contributed by atoms with Crippen LogP contribution in [0.25, 0.3) is 0 Å². The zero-order valence-electron chi connectivity index (χ0n) is 11.9. The molecule has 0 amide bonds. The van der Waals surface area contributed by atoms with Gasteiger partial charge in [-0.1, -0.05) is 26.0 Å². The smallest absolute Gasteiger partial charge is 0.146 e. The molecule has 1 aromatic rings.